The summed E-state index contributed by atoms with van der Waals surface area (Å²) in [6.45, 7) is 16.3. The number of aliphatic hydroxyl groups is 2. The zero-order valence-electron chi connectivity index (χ0n) is 22.6. The highest BCUT2D eigenvalue weighted by Gasteiger charge is 2.70. The zero-order chi connectivity index (χ0) is 25.1. The van der Waals surface area contributed by atoms with Crippen LogP contribution in [0.15, 0.2) is 11.6 Å². The molecule has 4 heteroatoms. The van der Waals surface area contributed by atoms with Gasteiger partial charge in [0.1, 0.15) is 0 Å². The topological polar surface area (TPSA) is 77.8 Å². The molecule has 4 fully saturated rings. The SMILES string of the molecule is CC1(C)CCC2(C(=O)O)CCC3(C)C(=CCC4C5(C)CC(O)C(O)C(C)(C)C5CCC43C)C2C1. The van der Waals surface area contributed by atoms with E-state index in [0.29, 0.717) is 18.3 Å². The smallest absolute Gasteiger partial charge is 0.310 e. The Hall–Kier alpha value is -0.870. The lowest BCUT2D eigenvalue weighted by atomic mass is 9.33. The van der Waals surface area contributed by atoms with Gasteiger partial charge in [0, 0.05) is 0 Å². The minimum Gasteiger partial charge on any atom is -0.481 e. The van der Waals surface area contributed by atoms with E-state index < -0.39 is 23.6 Å². The largest absolute Gasteiger partial charge is 0.481 e. The summed E-state index contributed by atoms with van der Waals surface area (Å²) >= 11 is 0. The summed E-state index contributed by atoms with van der Waals surface area (Å²) in [6, 6.07) is 0. The van der Waals surface area contributed by atoms with Crippen molar-refractivity contribution in [3.63, 3.8) is 0 Å². The van der Waals surface area contributed by atoms with Crippen molar-refractivity contribution in [3.05, 3.63) is 11.6 Å². The molecule has 3 N–H and O–H groups in total. The number of fused-ring (bicyclic) bond motifs is 7. The molecule has 0 aromatic heterocycles. The van der Waals surface area contributed by atoms with Crippen LogP contribution in [0.3, 0.4) is 0 Å². The fourth-order valence-corrected chi connectivity index (χ4v) is 10.8. The number of hydrogen-bond acceptors (Lipinski definition) is 3. The van der Waals surface area contributed by atoms with Crippen LogP contribution < -0.4 is 0 Å². The summed E-state index contributed by atoms with van der Waals surface area (Å²) in [6.07, 6.45) is 9.45. The van der Waals surface area contributed by atoms with Gasteiger partial charge in [0.25, 0.3) is 0 Å². The van der Waals surface area contributed by atoms with Gasteiger partial charge >= 0.3 is 5.97 Å². The quantitative estimate of drug-likeness (QED) is 0.397. The van der Waals surface area contributed by atoms with Crippen molar-refractivity contribution in [2.75, 3.05) is 0 Å². The van der Waals surface area contributed by atoms with Crippen LogP contribution in [0.4, 0.5) is 0 Å². The van der Waals surface area contributed by atoms with Crippen molar-refractivity contribution in [1.29, 1.82) is 0 Å². The molecule has 0 amide bonds. The number of carboxylic acid groups (broad SMARTS) is 1. The summed E-state index contributed by atoms with van der Waals surface area (Å²) in [4.78, 5) is 12.8. The van der Waals surface area contributed by atoms with E-state index in [1.165, 1.54) is 5.57 Å². The van der Waals surface area contributed by atoms with Crippen molar-refractivity contribution in [2.24, 2.45) is 50.2 Å². The molecule has 0 aromatic rings. The molecular formula is C30H48O4. The fraction of sp³-hybridized carbons (Fsp3) is 0.900. The second kappa shape index (κ2) is 7.12. The molecule has 0 aliphatic heterocycles. The summed E-state index contributed by atoms with van der Waals surface area (Å²) in [5, 5.41) is 32.4. The lowest BCUT2D eigenvalue weighted by Gasteiger charge is -2.71. The Morgan fingerprint density at radius 1 is 0.882 bits per heavy atom. The molecule has 0 spiro atoms. The first-order chi connectivity index (χ1) is 15.6. The minimum absolute atomic E-state index is 0.00785. The van der Waals surface area contributed by atoms with Crippen molar-refractivity contribution in [2.45, 2.75) is 118 Å². The highest BCUT2D eigenvalue weighted by Crippen LogP contribution is 2.75. The van der Waals surface area contributed by atoms with Gasteiger partial charge in [-0.05, 0) is 103 Å². The number of carbonyl (C=O) groups is 1. The van der Waals surface area contributed by atoms with Crippen LogP contribution in [0.1, 0.15) is 106 Å². The average Bonchev–Trinajstić information content (AvgIpc) is 2.72. The lowest BCUT2D eigenvalue weighted by Crippen LogP contribution is -2.67. The third-order valence-electron chi connectivity index (χ3n) is 13.0. The van der Waals surface area contributed by atoms with E-state index in [2.05, 4.69) is 54.5 Å². The highest BCUT2D eigenvalue weighted by molar-refractivity contribution is 5.76. The van der Waals surface area contributed by atoms with E-state index in [4.69, 9.17) is 0 Å². The summed E-state index contributed by atoms with van der Waals surface area (Å²) in [5.41, 5.74) is 0.754. The molecule has 5 aliphatic carbocycles. The standard InChI is InChI=1S/C30H48O4/c1-25(2)12-14-30(24(33)34)15-13-28(6)18(19(30)16-25)8-9-22-27(5)17-20(31)23(32)26(3,4)21(27)10-11-29(22,28)7/h8,19-23,31-32H,9-17H2,1-7H3,(H,33,34). The molecule has 0 bridgehead atoms. The van der Waals surface area contributed by atoms with Gasteiger partial charge in [-0.15, -0.1) is 0 Å². The maximum Gasteiger partial charge on any atom is 0.310 e. The van der Waals surface area contributed by atoms with Crippen molar-refractivity contribution in [1.82, 2.24) is 0 Å². The van der Waals surface area contributed by atoms with E-state index in [-0.39, 0.29) is 33.0 Å². The number of carboxylic acids is 1. The van der Waals surface area contributed by atoms with E-state index >= 15 is 0 Å². The number of rotatable bonds is 1. The first-order valence-electron chi connectivity index (χ1n) is 13.9. The van der Waals surface area contributed by atoms with Gasteiger partial charge < -0.3 is 15.3 Å². The predicted octanol–water partition coefficient (Wildman–Crippen LogP) is 6.20. The number of aliphatic carboxylic acids is 1. The van der Waals surface area contributed by atoms with E-state index in [9.17, 15) is 20.1 Å². The van der Waals surface area contributed by atoms with Gasteiger partial charge in [0.2, 0.25) is 0 Å². The van der Waals surface area contributed by atoms with E-state index in [1.54, 1.807) is 0 Å². The van der Waals surface area contributed by atoms with Gasteiger partial charge in [0.05, 0.1) is 17.6 Å². The Balaban J connectivity index is 1.61. The molecule has 0 saturated heterocycles. The molecule has 5 rings (SSSR count). The molecule has 0 radical (unpaired) electrons. The van der Waals surface area contributed by atoms with Crippen LogP contribution in [0.25, 0.3) is 0 Å². The highest BCUT2D eigenvalue weighted by atomic mass is 16.4. The normalized spacial score (nSPS) is 53.4. The second-order valence-corrected chi connectivity index (χ2v) is 15.2. The van der Waals surface area contributed by atoms with Gasteiger partial charge in [-0.25, -0.2) is 0 Å². The van der Waals surface area contributed by atoms with E-state index in [1.807, 2.05) is 0 Å². The first-order valence-corrected chi connectivity index (χ1v) is 13.9. The van der Waals surface area contributed by atoms with Crippen LogP contribution in [0.2, 0.25) is 0 Å². The summed E-state index contributed by atoms with van der Waals surface area (Å²) in [7, 11) is 0. The Kier molecular flexibility index (Phi) is 5.20. The molecule has 34 heavy (non-hydrogen) atoms. The van der Waals surface area contributed by atoms with Crippen LogP contribution in [-0.2, 0) is 4.79 Å². The minimum atomic E-state index is -0.679. The third kappa shape index (κ3) is 2.88. The molecule has 4 nitrogen and oxygen atoms in total. The van der Waals surface area contributed by atoms with Crippen molar-refractivity contribution < 1.29 is 20.1 Å². The summed E-state index contributed by atoms with van der Waals surface area (Å²) < 4.78 is 0. The van der Waals surface area contributed by atoms with Gasteiger partial charge in [-0.1, -0.05) is 60.1 Å². The Bertz CT molecular complexity index is 919. The monoisotopic (exact) mass is 472 g/mol. The Labute approximate surface area is 206 Å². The molecule has 4 saturated carbocycles. The van der Waals surface area contributed by atoms with Crippen LogP contribution in [-0.4, -0.2) is 33.5 Å². The Morgan fingerprint density at radius 2 is 1.53 bits per heavy atom. The van der Waals surface area contributed by atoms with Crippen LogP contribution in [0, 0.1) is 50.2 Å². The second-order valence-electron chi connectivity index (χ2n) is 15.2. The van der Waals surface area contributed by atoms with E-state index in [0.717, 1.165) is 51.4 Å². The zero-order valence-corrected chi connectivity index (χ0v) is 22.6. The number of aliphatic hydroxyl groups excluding tert-OH is 2. The molecule has 0 aromatic carbocycles. The predicted molar refractivity (Wildman–Crippen MR) is 134 cm³/mol. The van der Waals surface area contributed by atoms with Crippen LogP contribution >= 0.6 is 0 Å². The molecule has 0 heterocycles. The van der Waals surface area contributed by atoms with Crippen LogP contribution in [0.5, 0.6) is 0 Å². The Morgan fingerprint density at radius 3 is 2.18 bits per heavy atom. The van der Waals surface area contributed by atoms with Crippen molar-refractivity contribution >= 4 is 5.97 Å². The number of hydrogen-bond donors (Lipinski definition) is 3. The van der Waals surface area contributed by atoms with Gasteiger partial charge in [-0.3, -0.25) is 4.79 Å². The fourth-order valence-electron chi connectivity index (χ4n) is 10.8. The lowest BCUT2D eigenvalue weighted by molar-refractivity contribution is -0.231. The molecule has 192 valence electrons. The van der Waals surface area contributed by atoms with Gasteiger partial charge in [0.15, 0.2) is 0 Å². The summed E-state index contributed by atoms with van der Waals surface area (Å²) in [5.74, 6) is 0.365. The third-order valence-corrected chi connectivity index (χ3v) is 13.0. The van der Waals surface area contributed by atoms with Gasteiger partial charge in [-0.2, -0.15) is 0 Å². The molecular weight excluding hydrogens is 424 g/mol. The van der Waals surface area contributed by atoms with Crippen molar-refractivity contribution in [3.8, 4) is 0 Å². The molecule has 5 aliphatic rings. The first kappa shape index (κ1) is 24.8. The number of allylic oxidation sites excluding steroid dienone is 2. The maximum absolute atomic E-state index is 12.8. The molecule has 9 atom stereocenters. The molecule has 9 unspecified atom stereocenters. The maximum atomic E-state index is 12.8. The average molecular weight is 473 g/mol.